The topological polar surface area (TPSA) is 41.1 Å². The van der Waals surface area contributed by atoms with E-state index >= 15 is 0 Å². The van der Waals surface area contributed by atoms with Crippen LogP contribution in [0.2, 0.25) is 0 Å². The third-order valence-corrected chi connectivity index (χ3v) is 4.64. The largest absolute Gasteiger partial charge is 0.355 e. The molecule has 1 amide bonds. The van der Waals surface area contributed by atoms with Crippen LogP contribution in [0.4, 0.5) is 4.39 Å². The monoisotopic (exact) mass is 262 g/mol. The van der Waals surface area contributed by atoms with Crippen molar-refractivity contribution in [1.82, 2.24) is 10.6 Å². The summed E-state index contributed by atoms with van der Waals surface area (Å²) in [6.07, 6.45) is 2.41. The highest BCUT2D eigenvalue weighted by Crippen LogP contribution is 2.47. The minimum atomic E-state index is -0.151. The number of halogens is 1. The van der Waals surface area contributed by atoms with Crippen LogP contribution in [0.25, 0.3) is 0 Å². The van der Waals surface area contributed by atoms with Crippen LogP contribution in [-0.2, 0) is 4.79 Å². The Balaban J connectivity index is 1.97. The lowest BCUT2D eigenvalue weighted by Gasteiger charge is -2.46. The van der Waals surface area contributed by atoms with Crippen molar-refractivity contribution < 1.29 is 9.18 Å². The van der Waals surface area contributed by atoms with E-state index in [0.29, 0.717) is 13.0 Å². The van der Waals surface area contributed by atoms with Gasteiger partial charge in [0, 0.05) is 18.9 Å². The first-order chi connectivity index (χ1) is 9.21. The van der Waals surface area contributed by atoms with Crippen molar-refractivity contribution in [3.05, 3.63) is 35.6 Å². The van der Waals surface area contributed by atoms with Crippen LogP contribution in [0.15, 0.2) is 24.3 Å². The zero-order chi connectivity index (χ0) is 13.3. The van der Waals surface area contributed by atoms with Crippen LogP contribution in [0.3, 0.4) is 0 Å². The van der Waals surface area contributed by atoms with E-state index in [2.05, 4.69) is 10.6 Å². The third kappa shape index (κ3) is 2.25. The zero-order valence-corrected chi connectivity index (χ0v) is 10.9. The molecule has 102 valence electrons. The van der Waals surface area contributed by atoms with Gasteiger partial charge in [0.2, 0.25) is 5.91 Å². The molecule has 1 spiro atoms. The molecule has 0 aliphatic carbocycles. The molecule has 1 unspecified atom stereocenters. The predicted molar refractivity (Wildman–Crippen MR) is 71.3 cm³/mol. The third-order valence-electron chi connectivity index (χ3n) is 4.64. The van der Waals surface area contributed by atoms with Crippen LogP contribution in [-0.4, -0.2) is 25.5 Å². The second-order valence-corrected chi connectivity index (χ2v) is 5.67. The predicted octanol–water partition coefficient (Wildman–Crippen LogP) is 1.80. The first-order valence-electron chi connectivity index (χ1n) is 6.93. The Bertz CT molecular complexity index is 483. The van der Waals surface area contributed by atoms with E-state index in [1.54, 1.807) is 6.07 Å². The SMILES string of the molecule is O=C1CC2(CCNCC2)C(c2ccccc2F)CN1. The molecule has 0 bridgehead atoms. The van der Waals surface area contributed by atoms with Crippen molar-refractivity contribution in [3.63, 3.8) is 0 Å². The first-order valence-corrected chi connectivity index (χ1v) is 6.93. The molecule has 2 N–H and O–H groups in total. The van der Waals surface area contributed by atoms with Gasteiger partial charge in [0.25, 0.3) is 0 Å². The molecule has 2 aliphatic heterocycles. The van der Waals surface area contributed by atoms with Crippen molar-refractivity contribution in [2.75, 3.05) is 19.6 Å². The molecule has 1 aromatic carbocycles. The van der Waals surface area contributed by atoms with Gasteiger partial charge in [-0.25, -0.2) is 4.39 Å². The van der Waals surface area contributed by atoms with Gasteiger partial charge in [0.05, 0.1) is 0 Å². The maximum Gasteiger partial charge on any atom is 0.220 e. The Morgan fingerprint density at radius 2 is 1.95 bits per heavy atom. The summed E-state index contributed by atoms with van der Waals surface area (Å²) in [5.41, 5.74) is 0.680. The number of rotatable bonds is 1. The average Bonchev–Trinajstić information content (AvgIpc) is 2.41. The number of amides is 1. The van der Waals surface area contributed by atoms with E-state index < -0.39 is 0 Å². The number of nitrogens with one attached hydrogen (secondary N) is 2. The second-order valence-electron chi connectivity index (χ2n) is 5.67. The summed E-state index contributed by atoms with van der Waals surface area (Å²) in [5, 5.41) is 6.24. The Hall–Kier alpha value is -1.42. The van der Waals surface area contributed by atoms with Gasteiger partial charge in [-0.15, -0.1) is 0 Å². The summed E-state index contributed by atoms with van der Waals surface area (Å²) >= 11 is 0. The van der Waals surface area contributed by atoms with Crippen molar-refractivity contribution in [1.29, 1.82) is 0 Å². The Morgan fingerprint density at radius 3 is 2.68 bits per heavy atom. The molecule has 1 aromatic rings. The first kappa shape index (κ1) is 12.6. The quantitative estimate of drug-likeness (QED) is 0.810. The minimum Gasteiger partial charge on any atom is -0.355 e. The van der Waals surface area contributed by atoms with E-state index in [9.17, 15) is 9.18 Å². The van der Waals surface area contributed by atoms with Crippen molar-refractivity contribution >= 4 is 5.91 Å². The number of carbonyl (C=O) groups is 1. The van der Waals surface area contributed by atoms with Crippen LogP contribution in [0, 0.1) is 11.2 Å². The molecule has 1 atom stereocenters. The lowest BCUT2D eigenvalue weighted by atomic mass is 9.63. The molecule has 2 heterocycles. The molecule has 0 aromatic heterocycles. The highest BCUT2D eigenvalue weighted by Gasteiger charge is 2.45. The molecule has 2 fully saturated rings. The molecule has 2 saturated heterocycles. The smallest absolute Gasteiger partial charge is 0.220 e. The fourth-order valence-electron chi connectivity index (χ4n) is 3.59. The molecular formula is C15H19FN2O. The van der Waals surface area contributed by atoms with E-state index in [-0.39, 0.29) is 23.1 Å². The van der Waals surface area contributed by atoms with Crippen LogP contribution in [0.1, 0.15) is 30.7 Å². The number of piperidine rings is 2. The second kappa shape index (κ2) is 4.93. The average molecular weight is 262 g/mol. The van der Waals surface area contributed by atoms with Gasteiger partial charge in [0.15, 0.2) is 0 Å². The van der Waals surface area contributed by atoms with Gasteiger partial charge in [0.1, 0.15) is 5.82 Å². The van der Waals surface area contributed by atoms with Crippen molar-refractivity contribution in [3.8, 4) is 0 Å². The fraction of sp³-hybridized carbons (Fsp3) is 0.533. The molecule has 0 radical (unpaired) electrons. The molecule has 4 heteroatoms. The van der Waals surface area contributed by atoms with E-state index in [1.165, 1.54) is 6.07 Å². The Kier molecular flexibility index (Phi) is 3.27. The summed E-state index contributed by atoms with van der Waals surface area (Å²) in [6, 6.07) is 6.97. The van der Waals surface area contributed by atoms with Gasteiger partial charge in [-0.1, -0.05) is 18.2 Å². The number of hydrogen-bond acceptors (Lipinski definition) is 2. The van der Waals surface area contributed by atoms with Gasteiger partial charge < -0.3 is 10.6 Å². The molecule has 3 rings (SSSR count). The van der Waals surface area contributed by atoms with Crippen molar-refractivity contribution in [2.45, 2.75) is 25.2 Å². The van der Waals surface area contributed by atoms with Crippen molar-refractivity contribution in [2.24, 2.45) is 5.41 Å². The Labute approximate surface area is 112 Å². The van der Waals surface area contributed by atoms with Gasteiger partial charge in [-0.2, -0.15) is 0 Å². The van der Waals surface area contributed by atoms with Gasteiger partial charge >= 0.3 is 0 Å². The standard InChI is InChI=1S/C15H19FN2O/c16-13-4-2-1-3-11(13)12-10-18-14(19)9-15(12)5-7-17-8-6-15/h1-4,12,17H,5-10H2,(H,18,19). The molecule has 0 saturated carbocycles. The summed E-state index contributed by atoms with van der Waals surface area (Å²) in [5.74, 6) is 0.0459. The summed E-state index contributed by atoms with van der Waals surface area (Å²) in [7, 11) is 0. The van der Waals surface area contributed by atoms with Crippen LogP contribution >= 0.6 is 0 Å². The maximum atomic E-state index is 14.1. The van der Waals surface area contributed by atoms with Crippen LogP contribution in [0.5, 0.6) is 0 Å². The zero-order valence-electron chi connectivity index (χ0n) is 10.9. The molecule has 3 nitrogen and oxygen atoms in total. The maximum absolute atomic E-state index is 14.1. The molecule has 19 heavy (non-hydrogen) atoms. The number of carbonyl (C=O) groups excluding carboxylic acids is 1. The summed E-state index contributed by atoms with van der Waals surface area (Å²) in [4.78, 5) is 11.8. The highest BCUT2D eigenvalue weighted by molar-refractivity contribution is 5.78. The highest BCUT2D eigenvalue weighted by atomic mass is 19.1. The van der Waals surface area contributed by atoms with E-state index in [1.807, 2.05) is 12.1 Å². The number of benzene rings is 1. The van der Waals surface area contributed by atoms with E-state index in [0.717, 1.165) is 31.5 Å². The summed E-state index contributed by atoms with van der Waals surface area (Å²) < 4.78 is 14.1. The lowest BCUT2D eigenvalue weighted by molar-refractivity contribution is -0.127. The normalized spacial score (nSPS) is 26.2. The van der Waals surface area contributed by atoms with E-state index in [4.69, 9.17) is 0 Å². The molecular weight excluding hydrogens is 243 g/mol. The Morgan fingerprint density at radius 1 is 1.21 bits per heavy atom. The lowest BCUT2D eigenvalue weighted by Crippen LogP contribution is -2.51. The minimum absolute atomic E-state index is 0.0736. The van der Waals surface area contributed by atoms with Gasteiger partial charge in [-0.05, 0) is 43.0 Å². The molecule has 2 aliphatic rings. The summed E-state index contributed by atoms with van der Waals surface area (Å²) in [6.45, 7) is 2.39. The fourth-order valence-corrected chi connectivity index (χ4v) is 3.59. The number of hydrogen-bond donors (Lipinski definition) is 2. The van der Waals surface area contributed by atoms with Gasteiger partial charge in [-0.3, -0.25) is 4.79 Å². The van der Waals surface area contributed by atoms with Crippen LogP contribution < -0.4 is 10.6 Å².